The normalized spacial score (nSPS) is 10.5. The summed E-state index contributed by atoms with van der Waals surface area (Å²) >= 11 is 1.55. The second-order valence-corrected chi connectivity index (χ2v) is 5.46. The predicted molar refractivity (Wildman–Crippen MR) is 87.2 cm³/mol. The number of fused-ring (bicyclic) bond motifs is 1. The number of nitrogens with two attached hydrogens (primary N) is 1. The molecule has 0 bridgehead atoms. The number of hydrogen-bond donors (Lipinski definition) is 2. The first-order valence-electron chi connectivity index (χ1n) is 6.40. The molecule has 3 rings (SSSR count). The minimum absolute atomic E-state index is 0.174. The fourth-order valence-corrected chi connectivity index (χ4v) is 3.05. The molecule has 5 heteroatoms. The number of carbonyl (C=O) groups is 1. The zero-order valence-electron chi connectivity index (χ0n) is 11.4. The molecule has 1 heterocycles. The van der Waals surface area contributed by atoms with Crippen LogP contribution in [0.4, 0.5) is 11.4 Å². The lowest BCUT2D eigenvalue weighted by Gasteiger charge is -2.09. The first-order chi connectivity index (χ1) is 10.2. The molecule has 0 atom stereocenters. The van der Waals surface area contributed by atoms with Gasteiger partial charge in [0.05, 0.1) is 24.0 Å². The maximum Gasteiger partial charge on any atom is 0.257 e. The minimum atomic E-state index is -0.174. The van der Waals surface area contributed by atoms with E-state index in [1.165, 1.54) is 0 Å². The minimum Gasteiger partial charge on any atom is -0.497 e. The van der Waals surface area contributed by atoms with Gasteiger partial charge in [-0.2, -0.15) is 0 Å². The van der Waals surface area contributed by atoms with E-state index in [1.54, 1.807) is 36.6 Å². The van der Waals surface area contributed by atoms with E-state index in [2.05, 4.69) is 5.32 Å². The molecule has 0 spiro atoms. The molecule has 0 fully saturated rings. The summed E-state index contributed by atoms with van der Waals surface area (Å²) in [5.41, 5.74) is 7.60. The average molecular weight is 298 g/mol. The van der Waals surface area contributed by atoms with Gasteiger partial charge in [0.1, 0.15) is 5.75 Å². The number of nitrogen functional groups attached to an aromatic ring is 1. The molecule has 0 aliphatic rings. The zero-order valence-corrected chi connectivity index (χ0v) is 12.2. The molecule has 3 aromatic rings. The van der Waals surface area contributed by atoms with E-state index in [0.29, 0.717) is 22.7 Å². The number of ether oxygens (including phenoxy) is 1. The molecule has 3 N–H and O–H groups in total. The number of amides is 1. The van der Waals surface area contributed by atoms with E-state index < -0.39 is 0 Å². The third-order valence-corrected chi connectivity index (χ3v) is 4.20. The van der Waals surface area contributed by atoms with Crippen LogP contribution in [0.25, 0.3) is 10.1 Å². The number of hydrogen-bond acceptors (Lipinski definition) is 4. The van der Waals surface area contributed by atoms with Crippen LogP contribution in [0.15, 0.2) is 47.8 Å². The topological polar surface area (TPSA) is 64.3 Å². The molecule has 4 nitrogen and oxygen atoms in total. The quantitative estimate of drug-likeness (QED) is 0.724. The third-order valence-electron chi connectivity index (χ3n) is 3.23. The Bertz CT molecular complexity index is 811. The predicted octanol–water partition coefficient (Wildman–Crippen LogP) is 3.74. The highest BCUT2D eigenvalue weighted by molar-refractivity contribution is 7.17. The van der Waals surface area contributed by atoms with Crippen LogP contribution < -0.4 is 15.8 Å². The van der Waals surface area contributed by atoms with Gasteiger partial charge in [-0.05, 0) is 18.2 Å². The highest BCUT2D eigenvalue weighted by Gasteiger charge is 2.13. The van der Waals surface area contributed by atoms with Gasteiger partial charge >= 0.3 is 0 Å². The van der Waals surface area contributed by atoms with Crippen molar-refractivity contribution in [3.05, 3.63) is 53.4 Å². The third kappa shape index (κ3) is 2.55. The van der Waals surface area contributed by atoms with Crippen LogP contribution in [0.2, 0.25) is 0 Å². The van der Waals surface area contributed by atoms with E-state index in [9.17, 15) is 4.79 Å². The van der Waals surface area contributed by atoms with Crippen LogP contribution in [0.1, 0.15) is 10.4 Å². The van der Waals surface area contributed by atoms with Crippen molar-refractivity contribution in [3.8, 4) is 5.75 Å². The van der Waals surface area contributed by atoms with Gasteiger partial charge < -0.3 is 15.8 Å². The second-order valence-electron chi connectivity index (χ2n) is 4.55. The summed E-state index contributed by atoms with van der Waals surface area (Å²) in [5, 5.41) is 5.65. The first kappa shape index (κ1) is 13.5. The molecule has 106 valence electrons. The zero-order chi connectivity index (χ0) is 14.8. The van der Waals surface area contributed by atoms with Gasteiger partial charge in [0, 0.05) is 21.5 Å². The van der Waals surface area contributed by atoms with Crippen molar-refractivity contribution in [2.45, 2.75) is 0 Å². The maximum atomic E-state index is 12.4. The van der Waals surface area contributed by atoms with Gasteiger partial charge in [0.25, 0.3) is 5.91 Å². The van der Waals surface area contributed by atoms with Crippen molar-refractivity contribution in [1.82, 2.24) is 0 Å². The Balaban J connectivity index is 1.93. The molecule has 1 amide bonds. The first-order valence-corrected chi connectivity index (χ1v) is 7.28. The molecule has 0 radical (unpaired) electrons. The monoisotopic (exact) mass is 298 g/mol. The molecule has 0 saturated carbocycles. The smallest absolute Gasteiger partial charge is 0.257 e. The van der Waals surface area contributed by atoms with Crippen molar-refractivity contribution < 1.29 is 9.53 Å². The van der Waals surface area contributed by atoms with Crippen LogP contribution >= 0.6 is 11.3 Å². The number of anilines is 2. The van der Waals surface area contributed by atoms with Gasteiger partial charge in [0.2, 0.25) is 0 Å². The lowest BCUT2D eigenvalue weighted by molar-refractivity contribution is 0.102. The van der Waals surface area contributed by atoms with E-state index in [4.69, 9.17) is 10.5 Å². The van der Waals surface area contributed by atoms with Gasteiger partial charge in [-0.3, -0.25) is 4.79 Å². The highest BCUT2D eigenvalue weighted by Crippen LogP contribution is 2.28. The Labute approximate surface area is 126 Å². The molecule has 0 aliphatic carbocycles. The number of benzene rings is 2. The van der Waals surface area contributed by atoms with Crippen LogP contribution in [0.3, 0.4) is 0 Å². The van der Waals surface area contributed by atoms with Gasteiger partial charge in [-0.15, -0.1) is 11.3 Å². The molecule has 0 aliphatic heterocycles. The molecular formula is C16H14N2O2S. The Kier molecular flexibility index (Phi) is 3.50. The van der Waals surface area contributed by atoms with Crippen LogP contribution in [-0.2, 0) is 0 Å². The fraction of sp³-hybridized carbons (Fsp3) is 0.0625. The standard InChI is InChI=1S/C16H14N2O2S/c1-20-10-6-7-13(17)14(8-10)18-16(19)12-9-21-15-5-3-2-4-11(12)15/h2-9H,17H2,1H3,(H,18,19). The summed E-state index contributed by atoms with van der Waals surface area (Å²) < 4.78 is 6.23. The molecule has 21 heavy (non-hydrogen) atoms. The number of nitrogens with one attached hydrogen (secondary N) is 1. The lowest BCUT2D eigenvalue weighted by Crippen LogP contribution is -2.12. The molecule has 2 aromatic carbocycles. The van der Waals surface area contributed by atoms with Crippen LogP contribution in [0.5, 0.6) is 5.75 Å². The second kappa shape index (κ2) is 5.46. The van der Waals surface area contributed by atoms with Crippen molar-refractivity contribution >= 4 is 38.7 Å². The van der Waals surface area contributed by atoms with Crippen LogP contribution in [0, 0.1) is 0 Å². The molecule has 1 aromatic heterocycles. The average Bonchev–Trinajstić information content (AvgIpc) is 2.93. The molecule has 0 saturated heterocycles. The Morgan fingerprint density at radius 1 is 1.24 bits per heavy atom. The summed E-state index contributed by atoms with van der Waals surface area (Å²) in [4.78, 5) is 12.4. The lowest BCUT2D eigenvalue weighted by atomic mass is 10.1. The van der Waals surface area contributed by atoms with Crippen LogP contribution in [-0.4, -0.2) is 13.0 Å². The summed E-state index contributed by atoms with van der Waals surface area (Å²) in [6, 6.07) is 13.0. The van der Waals surface area contributed by atoms with Gasteiger partial charge in [-0.1, -0.05) is 18.2 Å². The number of carbonyl (C=O) groups excluding carboxylic acids is 1. The van der Waals surface area contributed by atoms with E-state index in [0.717, 1.165) is 10.1 Å². The molecular weight excluding hydrogens is 284 g/mol. The van der Waals surface area contributed by atoms with Crippen molar-refractivity contribution in [3.63, 3.8) is 0 Å². The number of thiophene rings is 1. The van der Waals surface area contributed by atoms with E-state index in [-0.39, 0.29) is 5.91 Å². The van der Waals surface area contributed by atoms with Gasteiger partial charge in [0.15, 0.2) is 0 Å². The largest absolute Gasteiger partial charge is 0.497 e. The van der Waals surface area contributed by atoms with E-state index in [1.807, 2.05) is 29.6 Å². The molecule has 0 unspecified atom stereocenters. The Hall–Kier alpha value is -2.53. The summed E-state index contributed by atoms with van der Waals surface area (Å²) in [7, 11) is 1.57. The highest BCUT2D eigenvalue weighted by atomic mass is 32.1. The maximum absolute atomic E-state index is 12.4. The summed E-state index contributed by atoms with van der Waals surface area (Å²) in [6.45, 7) is 0. The van der Waals surface area contributed by atoms with Crippen molar-refractivity contribution in [2.24, 2.45) is 0 Å². The summed E-state index contributed by atoms with van der Waals surface area (Å²) in [6.07, 6.45) is 0. The van der Waals surface area contributed by atoms with Gasteiger partial charge in [-0.25, -0.2) is 0 Å². The Morgan fingerprint density at radius 2 is 2.05 bits per heavy atom. The number of rotatable bonds is 3. The SMILES string of the molecule is COc1ccc(N)c(NC(=O)c2csc3ccccc23)c1. The Morgan fingerprint density at radius 3 is 2.86 bits per heavy atom. The summed E-state index contributed by atoms with van der Waals surface area (Å²) in [5.74, 6) is 0.474. The van der Waals surface area contributed by atoms with Crippen molar-refractivity contribution in [1.29, 1.82) is 0 Å². The van der Waals surface area contributed by atoms with Crippen molar-refractivity contribution in [2.75, 3.05) is 18.2 Å². The fourth-order valence-electron chi connectivity index (χ4n) is 2.11. The number of methoxy groups -OCH3 is 1. The van der Waals surface area contributed by atoms with E-state index >= 15 is 0 Å².